The standard InChI is InChI=1S/C16H24N4O3.ClH/c1-23-16(22)19-9-11-5-13(6-12(11)10-19)18-8-15(21)20-4-2-3-14(20)7-17;/h11-14,18H,2-6,8-10H2,1H3;1H. The van der Waals surface area contributed by atoms with E-state index in [9.17, 15) is 9.59 Å². The third-order valence-corrected chi connectivity index (χ3v) is 5.45. The van der Waals surface area contributed by atoms with E-state index in [0.29, 0.717) is 31.0 Å². The van der Waals surface area contributed by atoms with Crippen LogP contribution < -0.4 is 5.32 Å². The first kappa shape index (κ1) is 18.8. The molecule has 2 amide bonds. The summed E-state index contributed by atoms with van der Waals surface area (Å²) in [5.74, 6) is 1.03. The maximum absolute atomic E-state index is 12.2. The van der Waals surface area contributed by atoms with Crippen LogP contribution in [0, 0.1) is 23.2 Å². The van der Waals surface area contributed by atoms with Gasteiger partial charge in [-0.25, -0.2) is 4.79 Å². The molecule has 2 saturated heterocycles. The quantitative estimate of drug-likeness (QED) is 0.815. The van der Waals surface area contributed by atoms with Crippen LogP contribution in [0.5, 0.6) is 0 Å². The van der Waals surface area contributed by atoms with Crippen LogP contribution in [0.15, 0.2) is 0 Å². The summed E-state index contributed by atoms with van der Waals surface area (Å²) in [5.41, 5.74) is 0. The fourth-order valence-electron chi connectivity index (χ4n) is 4.28. The van der Waals surface area contributed by atoms with Crippen LogP contribution in [0.1, 0.15) is 25.7 Å². The van der Waals surface area contributed by atoms with Gasteiger partial charge in [0.25, 0.3) is 0 Å². The zero-order chi connectivity index (χ0) is 16.4. The maximum atomic E-state index is 12.2. The molecule has 0 aromatic carbocycles. The number of rotatable bonds is 3. The number of nitrogens with one attached hydrogen (secondary N) is 1. The molecule has 0 aromatic rings. The van der Waals surface area contributed by atoms with E-state index in [1.807, 2.05) is 0 Å². The fourth-order valence-corrected chi connectivity index (χ4v) is 4.28. The second-order valence-corrected chi connectivity index (χ2v) is 6.82. The van der Waals surface area contributed by atoms with Gasteiger partial charge in [0.05, 0.1) is 19.7 Å². The minimum atomic E-state index is -0.249. The summed E-state index contributed by atoms with van der Waals surface area (Å²) in [4.78, 5) is 27.3. The minimum Gasteiger partial charge on any atom is -0.453 e. The van der Waals surface area contributed by atoms with E-state index >= 15 is 0 Å². The Bertz CT molecular complexity index is 510. The molecule has 0 radical (unpaired) electrons. The normalized spacial score (nSPS) is 31.3. The van der Waals surface area contributed by atoms with Crippen molar-refractivity contribution >= 4 is 24.4 Å². The lowest BCUT2D eigenvalue weighted by Crippen LogP contribution is -2.43. The van der Waals surface area contributed by atoms with Gasteiger partial charge >= 0.3 is 6.09 Å². The molecule has 24 heavy (non-hydrogen) atoms. The monoisotopic (exact) mass is 356 g/mol. The lowest BCUT2D eigenvalue weighted by Gasteiger charge is -2.22. The van der Waals surface area contributed by atoms with Crippen molar-refractivity contribution in [3.63, 3.8) is 0 Å². The van der Waals surface area contributed by atoms with Gasteiger partial charge in [-0.3, -0.25) is 4.79 Å². The molecular formula is C16H25ClN4O3. The molecule has 3 fully saturated rings. The average molecular weight is 357 g/mol. The van der Waals surface area contributed by atoms with Gasteiger partial charge in [0.15, 0.2) is 0 Å². The molecule has 134 valence electrons. The van der Waals surface area contributed by atoms with E-state index in [2.05, 4.69) is 11.4 Å². The number of amides is 2. The highest BCUT2D eigenvalue weighted by atomic mass is 35.5. The van der Waals surface area contributed by atoms with Crippen molar-refractivity contribution in [1.82, 2.24) is 15.1 Å². The summed E-state index contributed by atoms with van der Waals surface area (Å²) < 4.78 is 4.78. The second-order valence-electron chi connectivity index (χ2n) is 6.82. The van der Waals surface area contributed by atoms with E-state index in [4.69, 9.17) is 10.00 Å². The van der Waals surface area contributed by atoms with Gasteiger partial charge in [0, 0.05) is 25.7 Å². The van der Waals surface area contributed by atoms with Crippen LogP contribution in [-0.2, 0) is 9.53 Å². The molecule has 0 aromatic heterocycles. The zero-order valence-electron chi connectivity index (χ0n) is 13.9. The van der Waals surface area contributed by atoms with Crippen molar-refractivity contribution in [2.24, 2.45) is 11.8 Å². The Kier molecular flexibility index (Phi) is 6.30. The topological polar surface area (TPSA) is 85.7 Å². The Morgan fingerprint density at radius 2 is 1.96 bits per heavy atom. The molecule has 1 saturated carbocycles. The molecule has 3 aliphatic rings. The van der Waals surface area contributed by atoms with Gasteiger partial charge in [0.1, 0.15) is 6.04 Å². The lowest BCUT2D eigenvalue weighted by molar-refractivity contribution is -0.130. The highest BCUT2D eigenvalue weighted by Gasteiger charge is 2.42. The Hall–Kier alpha value is -1.52. The maximum Gasteiger partial charge on any atom is 0.409 e. The summed E-state index contributed by atoms with van der Waals surface area (Å²) >= 11 is 0. The second kappa shape index (κ2) is 8.04. The van der Waals surface area contributed by atoms with Crippen LogP contribution in [-0.4, -0.2) is 67.2 Å². The highest BCUT2D eigenvalue weighted by molar-refractivity contribution is 5.85. The van der Waals surface area contributed by atoms with E-state index in [1.165, 1.54) is 7.11 Å². The molecule has 0 bridgehead atoms. The molecule has 8 heteroatoms. The number of carbonyl (C=O) groups is 2. The van der Waals surface area contributed by atoms with Gasteiger partial charge in [0.2, 0.25) is 5.91 Å². The van der Waals surface area contributed by atoms with Crippen molar-refractivity contribution in [3.05, 3.63) is 0 Å². The van der Waals surface area contributed by atoms with Crippen LogP contribution >= 0.6 is 12.4 Å². The van der Waals surface area contributed by atoms with Crippen LogP contribution in [0.2, 0.25) is 0 Å². The summed E-state index contributed by atoms with van der Waals surface area (Å²) in [6.07, 6.45) is 3.45. The summed E-state index contributed by atoms with van der Waals surface area (Å²) in [6, 6.07) is 2.29. The summed E-state index contributed by atoms with van der Waals surface area (Å²) in [5, 5.41) is 12.4. The molecule has 0 spiro atoms. The van der Waals surface area contributed by atoms with Crippen molar-refractivity contribution in [2.45, 2.75) is 37.8 Å². The number of hydrogen-bond donors (Lipinski definition) is 1. The van der Waals surface area contributed by atoms with Gasteiger partial charge in [-0.05, 0) is 37.5 Å². The predicted octanol–water partition coefficient (Wildman–Crippen LogP) is 0.989. The highest BCUT2D eigenvalue weighted by Crippen LogP contribution is 2.38. The molecule has 7 nitrogen and oxygen atoms in total. The third-order valence-electron chi connectivity index (χ3n) is 5.45. The number of likely N-dealkylation sites (tertiary alicyclic amines) is 2. The Balaban J connectivity index is 0.00000208. The first-order chi connectivity index (χ1) is 11.1. The first-order valence-corrected chi connectivity index (χ1v) is 8.37. The van der Waals surface area contributed by atoms with E-state index in [-0.39, 0.29) is 30.4 Å². The van der Waals surface area contributed by atoms with Crippen molar-refractivity contribution in [1.29, 1.82) is 5.26 Å². The van der Waals surface area contributed by atoms with Crippen molar-refractivity contribution in [2.75, 3.05) is 33.3 Å². The van der Waals surface area contributed by atoms with Crippen molar-refractivity contribution < 1.29 is 14.3 Å². The molecular weight excluding hydrogens is 332 g/mol. The number of fused-ring (bicyclic) bond motifs is 1. The Morgan fingerprint density at radius 1 is 1.29 bits per heavy atom. The molecule has 1 aliphatic carbocycles. The summed E-state index contributed by atoms with van der Waals surface area (Å²) in [6.45, 7) is 2.52. The number of halogens is 1. The van der Waals surface area contributed by atoms with E-state index in [1.54, 1.807) is 9.80 Å². The predicted molar refractivity (Wildman–Crippen MR) is 89.6 cm³/mol. The first-order valence-electron chi connectivity index (χ1n) is 8.37. The van der Waals surface area contributed by atoms with Gasteiger partial charge < -0.3 is 19.9 Å². The molecule has 2 heterocycles. The molecule has 3 rings (SSSR count). The average Bonchev–Trinajstić information content (AvgIpc) is 3.24. The number of ether oxygens (including phenoxy) is 1. The molecule has 3 unspecified atom stereocenters. The molecule has 2 aliphatic heterocycles. The smallest absolute Gasteiger partial charge is 0.409 e. The van der Waals surface area contributed by atoms with Crippen LogP contribution in [0.25, 0.3) is 0 Å². The third kappa shape index (κ3) is 3.76. The number of nitriles is 1. The fraction of sp³-hybridized carbons (Fsp3) is 0.812. The summed E-state index contributed by atoms with van der Waals surface area (Å²) in [7, 11) is 1.42. The number of methoxy groups -OCH3 is 1. The van der Waals surface area contributed by atoms with Gasteiger partial charge in [-0.15, -0.1) is 12.4 Å². The van der Waals surface area contributed by atoms with Crippen molar-refractivity contribution in [3.8, 4) is 6.07 Å². The SMILES string of the molecule is COC(=O)N1CC2CC(NCC(=O)N3CCCC3C#N)CC2C1.Cl. The van der Waals surface area contributed by atoms with Gasteiger partial charge in [-0.1, -0.05) is 0 Å². The number of nitrogens with zero attached hydrogens (tertiary/aromatic N) is 3. The number of carbonyl (C=O) groups excluding carboxylic acids is 2. The van der Waals surface area contributed by atoms with E-state index < -0.39 is 0 Å². The Labute approximate surface area is 148 Å². The Morgan fingerprint density at radius 3 is 2.54 bits per heavy atom. The largest absolute Gasteiger partial charge is 0.453 e. The van der Waals surface area contributed by atoms with Crippen LogP contribution in [0.3, 0.4) is 0 Å². The molecule has 1 N–H and O–H groups in total. The number of hydrogen-bond acceptors (Lipinski definition) is 5. The lowest BCUT2D eigenvalue weighted by atomic mass is 10.0. The van der Waals surface area contributed by atoms with E-state index in [0.717, 1.165) is 38.8 Å². The van der Waals surface area contributed by atoms with Crippen LogP contribution in [0.4, 0.5) is 4.79 Å². The minimum absolute atomic E-state index is 0. The zero-order valence-corrected chi connectivity index (χ0v) is 14.8. The van der Waals surface area contributed by atoms with Gasteiger partial charge in [-0.2, -0.15) is 5.26 Å². The molecule has 3 atom stereocenters.